The summed E-state index contributed by atoms with van der Waals surface area (Å²) >= 11 is 5.70. The Bertz CT molecular complexity index is 331. The van der Waals surface area contributed by atoms with Crippen molar-refractivity contribution in [2.24, 2.45) is 5.73 Å². The Labute approximate surface area is 94.2 Å². The maximum atomic E-state index is 5.91. The maximum Gasteiger partial charge on any atom is 0.224 e. The Hall–Kier alpha value is -0.870. The van der Waals surface area contributed by atoms with E-state index in [1.807, 2.05) is 6.07 Å². The summed E-state index contributed by atoms with van der Waals surface area (Å²) in [7, 11) is 0. The van der Waals surface area contributed by atoms with Crippen molar-refractivity contribution in [1.82, 2.24) is 9.97 Å². The summed E-state index contributed by atoms with van der Waals surface area (Å²) in [6, 6.07) is 2.56. The van der Waals surface area contributed by atoms with Crippen molar-refractivity contribution in [2.45, 2.75) is 37.8 Å². The van der Waals surface area contributed by atoms with Gasteiger partial charge in [0.15, 0.2) is 0 Å². The molecule has 1 aliphatic rings. The SMILES string of the molecule is NC1CCCC(Nc2ccnc(Cl)n2)C1. The van der Waals surface area contributed by atoms with Crippen LogP contribution in [0.25, 0.3) is 0 Å². The van der Waals surface area contributed by atoms with E-state index < -0.39 is 0 Å². The molecule has 1 saturated carbocycles. The van der Waals surface area contributed by atoms with E-state index in [1.165, 1.54) is 6.42 Å². The van der Waals surface area contributed by atoms with Crippen molar-refractivity contribution in [3.63, 3.8) is 0 Å². The van der Waals surface area contributed by atoms with E-state index in [4.69, 9.17) is 17.3 Å². The van der Waals surface area contributed by atoms with Gasteiger partial charge in [0.1, 0.15) is 5.82 Å². The minimum atomic E-state index is 0.278. The molecule has 15 heavy (non-hydrogen) atoms. The summed E-state index contributed by atoms with van der Waals surface area (Å²) in [6.45, 7) is 0. The van der Waals surface area contributed by atoms with Gasteiger partial charge in [0, 0.05) is 18.3 Å². The van der Waals surface area contributed by atoms with E-state index in [-0.39, 0.29) is 5.28 Å². The van der Waals surface area contributed by atoms with Crippen molar-refractivity contribution in [2.75, 3.05) is 5.32 Å². The van der Waals surface area contributed by atoms with Crippen LogP contribution in [0.15, 0.2) is 12.3 Å². The van der Waals surface area contributed by atoms with Crippen LogP contribution in [0, 0.1) is 0 Å². The van der Waals surface area contributed by atoms with Crippen LogP contribution in [-0.4, -0.2) is 22.1 Å². The largest absolute Gasteiger partial charge is 0.367 e. The number of nitrogens with two attached hydrogens (primary N) is 1. The van der Waals surface area contributed by atoms with Gasteiger partial charge in [-0.25, -0.2) is 9.97 Å². The fourth-order valence-electron chi connectivity index (χ4n) is 1.98. The first-order valence-corrected chi connectivity index (χ1v) is 5.62. The summed E-state index contributed by atoms with van der Waals surface area (Å²) in [5, 5.41) is 3.61. The van der Waals surface area contributed by atoms with Gasteiger partial charge in [-0.05, 0) is 43.4 Å². The normalized spacial score (nSPS) is 26.3. The van der Waals surface area contributed by atoms with Gasteiger partial charge in [0.25, 0.3) is 0 Å². The van der Waals surface area contributed by atoms with Crippen LogP contribution in [0.1, 0.15) is 25.7 Å². The number of rotatable bonds is 2. The Kier molecular flexibility index (Phi) is 3.38. The monoisotopic (exact) mass is 226 g/mol. The van der Waals surface area contributed by atoms with Gasteiger partial charge in [-0.1, -0.05) is 0 Å². The van der Waals surface area contributed by atoms with Gasteiger partial charge >= 0.3 is 0 Å². The highest BCUT2D eigenvalue weighted by atomic mass is 35.5. The van der Waals surface area contributed by atoms with Crippen molar-refractivity contribution >= 4 is 17.4 Å². The molecule has 0 aromatic carbocycles. The molecule has 0 saturated heterocycles. The van der Waals surface area contributed by atoms with Crippen molar-refractivity contribution in [1.29, 1.82) is 0 Å². The van der Waals surface area contributed by atoms with Crippen LogP contribution < -0.4 is 11.1 Å². The van der Waals surface area contributed by atoms with Crippen LogP contribution in [0.5, 0.6) is 0 Å². The highest BCUT2D eigenvalue weighted by Crippen LogP contribution is 2.20. The summed E-state index contributed by atoms with van der Waals surface area (Å²) in [5.41, 5.74) is 5.91. The van der Waals surface area contributed by atoms with E-state index in [2.05, 4.69) is 15.3 Å². The van der Waals surface area contributed by atoms with E-state index in [0.29, 0.717) is 12.1 Å². The fourth-order valence-corrected chi connectivity index (χ4v) is 2.13. The van der Waals surface area contributed by atoms with Crippen LogP contribution >= 0.6 is 11.6 Å². The molecule has 0 radical (unpaired) electrons. The number of halogens is 1. The van der Waals surface area contributed by atoms with Crippen molar-refractivity contribution in [3.05, 3.63) is 17.5 Å². The lowest BCUT2D eigenvalue weighted by atomic mass is 9.92. The molecular weight excluding hydrogens is 212 g/mol. The number of hydrogen-bond donors (Lipinski definition) is 2. The van der Waals surface area contributed by atoms with Gasteiger partial charge < -0.3 is 11.1 Å². The molecule has 1 aromatic rings. The molecule has 82 valence electrons. The molecule has 4 nitrogen and oxygen atoms in total. The molecule has 0 bridgehead atoms. The molecule has 2 rings (SSSR count). The fraction of sp³-hybridized carbons (Fsp3) is 0.600. The second-order valence-corrected chi connectivity index (χ2v) is 4.32. The first-order valence-electron chi connectivity index (χ1n) is 5.25. The molecule has 1 fully saturated rings. The standard InChI is InChI=1S/C10H15ClN4/c11-10-13-5-4-9(15-10)14-8-3-1-2-7(12)6-8/h4-5,7-8H,1-3,6,12H2,(H,13,14,15). The second kappa shape index (κ2) is 4.77. The number of nitrogens with zero attached hydrogens (tertiary/aromatic N) is 2. The molecule has 5 heteroatoms. The first kappa shape index (κ1) is 10.6. The van der Waals surface area contributed by atoms with Crippen LogP contribution in [0.3, 0.4) is 0 Å². The lowest BCUT2D eigenvalue weighted by Crippen LogP contribution is -2.35. The second-order valence-electron chi connectivity index (χ2n) is 3.98. The number of aromatic nitrogens is 2. The molecule has 1 aliphatic carbocycles. The smallest absolute Gasteiger partial charge is 0.224 e. The quantitative estimate of drug-likeness (QED) is 0.755. The van der Waals surface area contributed by atoms with Gasteiger partial charge in [-0.15, -0.1) is 0 Å². The van der Waals surface area contributed by atoms with Gasteiger partial charge in [0.05, 0.1) is 0 Å². The van der Waals surface area contributed by atoms with Crippen LogP contribution in [0.2, 0.25) is 5.28 Å². The summed E-state index contributed by atoms with van der Waals surface area (Å²) in [6.07, 6.45) is 6.11. The third-order valence-corrected chi connectivity index (χ3v) is 2.88. The van der Waals surface area contributed by atoms with Crippen molar-refractivity contribution < 1.29 is 0 Å². The number of anilines is 1. The zero-order chi connectivity index (χ0) is 10.7. The Balaban J connectivity index is 1.96. The van der Waals surface area contributed by atoms with Crippen LogP contribution in [-0.2, 0) is 0 Å². The number of nitrogens with one attached hydrogen (secondary N) is 1. The van der Waals surface area contributed by atoms with E-state index in [1.54, 1.807) is 6.20 Å². The maximum absolute atomic E-state index is 5.91. The Morgan fingerprint density at radius 1 is 1.47 bits per heavy atom. The van der Waals surface area contributed by atoms with Crippen molar-refractivity contribution in [3.8, 4) is 0 Å². The third-order valence-electron chi connectivity index (χ3n) is 2.69. The summed E-state index contributed by atoms with van der Waals surface area (Å²) in [4.78, 5) is 7.93. The van der Waals surface area contributed by atoms with E-state index >= 15 is 0 Å². The molecule has 0 amide bonds. The molecule has 1 aromatic heterocycles. The minimum Gasteiger partial charge on any atom is -0.367 e. The Morgan fingerprint density at radius 3 is 3.07 bits per heavy atom. The van der Waals surface area contributed by atoms with Crippen LogP contribution in [0.4, 0.5) is 5.82 Å². The highest BCUT2D eigenvalue weighted by molar-refractivity contribution is 6.28. The predicted octanol–water partition coefficient (Wildman–Crippen LogP) is 1.81. The van der Waals surface area contributed by atoms with Gasteiger partial charge in [-0.2, -0.15) is 0 Å². The molecule has 0 spiro atoms. The first-order chi connectivity index (χ1) is 7.24. The third kappa shape index (κ3) is 3.04. The lowest BCUT2D eigenvalue weighted by molar-refractivity contribution is 0.409. The number of hydrogen-bond acceptors (Lipinski definition) is 4. The Morgan fingerprint density at radius 2 is 2.33 bits per heavy atom. The molecule has 2 unspecified atom stereocenters. The minimum absolute atomic E-state index is 0.278. The summed E-state index contributed by atoms with van der Waals surface area (Å²) in [5.74, 6) is 0.786. The lowest BCUT2D eigenvalue weighted by Gasteiger charge is -2.27. The molecule has 3 N–H and O–H groups in total. The zero-order valence-corrected chi connectivity index (χ0v) is 9.24. The average Bonchev–Trinajstić information content (AvgIpc) is 2.17. The average molecular weight is 227 g/mol. The highest BCUT2D eigenvalue weighted by Gasteiger charge is 2.19. The summed E-state index contributed by atoms with van der Waals surface area (Å²) < 4.78 is 0. The molecule has 2 atom stereocenters. The predicted molar refractivity (Wildman–Crippen MR) is 60.9 cm³/mol. The topological polar surface area (TPSA) is 63.8 Å². The van der Waals surface area contributed by atoms with E-state index in [9.17, 15) is 0 Å². The molecule has 0 aliphatic heterocycles. The molecular formula is C10H15ClN4. The van der Waals surface area contributed by atoms with E-state index in [0.717, 1.165) is 25.1 Å². The van der Waals surface area contributed by atoms with Gasteiger partial charge in [-0.3, -0.25) is 0 Å². The zero-order valence-electron chi connectivity index (χ0n) is 8.49. The molecule has 1 heterocycles. The van der Waals surface area contributed by atoms with Gasteiger partial charge in [0.2, 0.25) is 5.28 Å².